The maximum Gasteiger partial charge on any atom is 0.269 e. The molecule has 0 heterocycles. The van der Waals surface area contributed by atoms with E-state index in [0.29, 0.717) is 11.1 Å². The number of hydrogen-bond donors (Lipinski definition) is 3. The zero-order chi connectivity index (χ0) is 18.2. The number of halogens is 1. The minimum Gasteiger partial charge on any atom is -0.298 e. The molecule has 25 heavy (non-hydrogen) atoms. The number of amides is 2. The van der Waals surface area contributed by atoms with Crippen LogP contribution in [0.2, 0.25) is 0 Å². The number of carbonyl (C=O) groups excluding carboxylic acids is 2. The van der Waals surface area contributed by atoms with Gasteiger partial charge in [0.25, 0.3) is 5.91 Å². The Balaban J connectivity index is 1.80. The van der Waals surface area contributed by atoms with Gasteiger partial charge in [0.15, 0.2) is 5.11 Å². The summed E-state index contributed by atoms with van der Waals surface area (Å²) >= 11 is 4.93. The van der Waals surface area contributed by atoms with Gasteiger partial charge in [0, 0.05) is 11.6 Å². The van der Waals surface area contributed by atoms with Crippen LogP contribution in [0.1, 0.15) is 21.5 Å². The van der Waals surface area contributed by atoms with Gasteiger partial charge < -0.3 is 0 Å². The lowest BCUT2D eigenvalue weighted by Gasteiger charge is -2.10. The highest BCUT2D eigenvalue weighted by molar-refractivity contribution is 7.80. The van der Waals surface area contributed by atoms with Gasteiger partial charge in [0.2, 0.25) is 5.91 Å². The third-order valence-corrected chi connectivity index (χ3v) is 3.31. The Bertz CT molecular complexity index is 819. The fraction of sp³-hybridized carbons (Fsp3) is 0.0556. The highest BCUT2D eigenvalue weighted by Gasteiger charge is 2.06. The average Bonchev–Trinajstić information content (AvgIpc) is 2.59. The molecule has 0 saturated carbocycles. The number of nitrogens with one attached hydrogen (secondary N) is 3. The molecule has 128 valence electrons. The van der Waals surface area contributed by atoms with E-state index in [1.165, 1.54) is 36.4 Å². The highest BCUT2D eigenvalue weighted by Crippen LogP contribution is 2.04. The molecular formula is C18H16FN3O2S. The molecule has 0 aromatic heterocycles. The van der Waals surface area contributed by atoms with Crippen LogP contribution in [0.15, 0.2) is 54.6 Å². The normalized spacial score (nSPS) is 10.3. The SMILES string of the molecule is Cc1cccc(C(=O)NNC(=S)NC(=O)C=Cc2ccc(F)cc2)c1. The van der Waals surface area contributed by atoms with Crippen molar-refractivity contribution in [2.75, 3.05) is 0 Å². The molecule has 0 aliphatic heterocycles. The Hall–Kier alpha value is -3.06. The van der Waals surface area contributed by atoms with Gasteiger partial charge in [-0.3, -0.25) is 25.8 Å². The standard InChI is InChI=1S/C18H16FN3O2S/c1-12-3-2-4-14(11-12)17(24)21-22-18(25)20-16(23)10-7-13-5-8-15(19)9-6-13/h2-11H,1H3,(H,21,24)(H2,20,22,23,25). The van der Waals surface area contributed by atoms with E-state index < -0.39 is 5.91 Å². The van der Waals surface area contributed by atoms with E-state index in [9.17, 15) is 14.0 Å². The third-order valence-electron chi connectivity index (χ3n) is 3.10. The molecule has 0 spiro atoms. The summed E-state index contributed by atoms with van der Waals surface area (Å²) in [6.07, 6.45) is 2.77. The van der Waals surface area contributed by atoms with Crippen molar-refractivity contribution in [3.8, 4) is 0 Å². The molecule has 0 aliphatic carbocycles. The van der Waals surface area contributed by atoms with E-state index in [1.54, 1.807) is 18.2 Å². The fourth-order valence-corrected chi connectivity index (χ4v) is 2.05. The zero-order valence-electron chi connectivity index (χ0n) is 13.4. The minimum atomic E-state index is -0.480. The van der Waals surface area contributed by atoms with Gasteiger partial charge in [0.1, 0.15) is 5.82 Å². The molecule has 2 rings (SSSR count). The van der Waals surface area contributed by atoms with Gasteiger partial charge in [0.05, 0.1) is 0 Å². The fourth-order valence-electron chi connectivity index (χ4n) is 1.90. The first-order valence-corrected chi connectivity index (χ1v) is 7.76. The zero-order valence-corrected chi connectivity index (χ0v) is 14.2. The van der Waals surface area contributed by atoms with Crippen LogP contribution in [0, 0.1) is 12.7 Å². The number of aryl methyl sites for hydroxylation is 1. The minimum absolute atomic E-state index is 0.0465. The van der Waals surface area contributed by atoms with Crippen LogP contribution in [0.3, 0.4) is 0 Å². The smallest absolute Gasteiger partial charge is 0.269 e. The lowest BCUT2D eigenvalue weighted by Crippen LogP contribution is -2.48. The monoisotopic (exact) mass is 357 g/mol. The van der Waals surface area contributed by atoms with Gasteiger partial charge in [-0.25, -0.2) is 4.39 Å². The van der Waals surface area contributed by atoms with Crippen molar-refractivity contribution in [3.05, 3.63) is 77.1 Å². The van der Waals surface area contributed by atoms with Crippen molar-refractivity contribution in [2.24, 2.45) is 0 Å². The van der Waals surface area contributed by atoms with Gasteiger partial charge in [-0.2, -0.15) is 0 Å². The van der Waals surface area contributed by atoms with E-state index in [0.717, 1.165) is 5.56 Å². The molecule has 2 aromatic carbocycles. The Morgan fingerprint density at radius 3 is 2.48 bits per heavy atom. The summed E-state index contributed by atoms with van der Waals surface area (Å²) in [6.45, 7) is 1.88. The molecule has 0 unspecified atom stereocenters. The quantitative estimate of drug-likeness (QED) is 0.448. The molecule has 0 atom stereocenters. The number of carbonyl (C=O) groups is 2. The van der Waals surface area contributed by atoms with E-state index in [-0.39, 0.29) is 16.8 Å². The predicted molar refractivity (Wildman–Crippen MR) is 98.0 cm³/mol. The summed E-state index contributed by atoms with van der Waals surface area (Å²) in [6, 6.07) is 12.7. The van der Waals surface area contributed by atoms with Crippen molar-refractivity contribution < 1.29 is 14.0 Å². The first-order valence-electron chi connectivity index (χ1n) is 7.35. The third kappa shape index (κ3) is 6.15. The van der Waals surface area contributed by atoms with Gasteiger partial charge in [-0.1, -0.05) is 29.8 Å². The Kier molecular flexibility index (Phi) is 6.36. The lowest BCUT2D eigenvalue weighted by molar-refractivity contribution is -0.115. The summed E-state index contributed by atoms with van der Waals surface area (Å²) in [5.41, 5.74) is 6.95. The summed E-state index contributed by atoms with van der Waals surface area (Å²) in [5.74, 6) is -1.20. The maximum absolute atomic E-state index is 12.8. The molecule has 0 radical (unpaired) electrons. The first-order chi connectivity index (χ1) is 11.9. The van der Waals surface area contributed by atoms with Crippen LogP contribution < -0.4 is 16.2 Å². The van der Waals surface area contributed by atoms with Gasteiger partial charge >= 0.3 is 0 Å². The molecule has 7 heteroatoms. The van der Waals surface area contributed by atoms with Crippen LogP contribution in [0.5, 0.6) is 0 Å². The number of hydrazine groups is 1. The molecule has 0 aliphatic rings. The molecule has 3 N–H and O–H groups in total. The van der Waals surface area contributed by atoms with Crippen LogP contribution >= 0.6 is 12.2 Å². The molecule has 2 aromatic rings. The van der Waals surface area contributed by atoms with Crippen molar-refractivity contribution >= 4 is 35.2 Å². The second kappa shape index (κ2) is 8.70. The Morgan fingerprint density at radius 2 is 1.80 bits per heavy atom. The summed E-state index contributed by atoms with van der Waals surface area (Å²) in [4.78, 5) is 23.7. The summed E-state index contributed by atoms with van der Waals surface area (Å²) in [5, 5.41) is 2.34. The summed E-state index contributed by atoms with van der Waals surface area (Å²) < 4.78 is 12.8. The molecule has 0 saturated heterocycles. The predicted octanol–water partition coefficient (Wildman–Crippen LogP) is 2.48. The van der Waals surface area contributed by atoms with E-state index in [2.05, 4.69) is 16.2 Å². The van der Waals surface area contributed by atoms with E-state index >= 15 is 0 Å². The van der Waals surface area contributed by atoms with Crippen molar-refractivity contribution in [1.29, 1.82) is 0 Å². The van der Waals surface area contributed by atoms with Crippen molar-refractivity contribution in [2.45, 2.75) is 6.92 Å². The second-order valence-corrected chi connectivity index (χ2v) is 5.56. The molecular weight excluding hydrogens is 341 g/mol. The van der Waals surface area contributed by atoms with Crippen LogP contribution in [0.4, 0.5) is 4.39 Å². The molecule has 0 fully saturated rings. The number of benzene rings is 2. The Morgan fingerprint density at radius 1 is 1.08 bits per heavy atom. The lowest BCUT2D eigenvalue weighted by atomic mass is 10.1. The average molecular weight is 357 g/mol. The van der Waals surface area contributed by atoms with Crippen LogP contribution in [0.25, 0.3) is 6.08 Å². The van der Waals surface area contributed by atoms with E-state index in [4.69, 9.17) is 12.2 Å². The van der Waals surface area contributed by atoms with Gasteiger partial charge in [-0.15, -0.1) is 0 Å². The molecule has 0 bridgehead atoms. The van der Waals surface area contributed by atoms with Crippen molar-refractivity contribution in [3.63, 3.8) is 0 Å². The second-order valence-electron chi connectivity index (χ2n) is 5.15. The Labute approximate surface area is 149 Å². The number of rotatable bonds is 3. The largest absolute Gasteiger partial charge is 0.298 e. The van der Waals surface area contributed by atoms with Gasteiger partial charge in [-0.05, 0) is 55.0 Å². The van der Waals surface area contributed by atoms with Crippen LogP contribution in [-0.2, 0) is 4.79 Å². The number of thiocarbonyl (C=S) groups is 1. The maximum atomic E-state index is 12.8. The van der Waals surface area contributed by atoms with E-state index in [1.807, 2.05) is 13.0 Å². The molecule has 5 nitrogen and oxygen atoms in total. The van der Waals surface area contributed by atoms with Crippen molar-refractivity contribution in [1.82, 2.24) is 16.2 Å². The topological polar surface area (TPSA) is 70.2 Å². The molecule has 2 amide bonds. The highest BCUT2D eigenvalue weighted by atomic mass is 32.1. The first kappa shape index (κ1) is 18.3. The van der Waals surface area contributed by atoms with Crippen LogP contribution in [-0.4, -0.2) is 16.9 Å². The summed E-state index contributed by atoms with van der Waals surface area (Å²) in [7, 11) is 0. The number of hydrogen-bond acceptors (Lipinski definition) is 3.